The first-order valence-electron chi connectivity index (χ1n) is 7.25. The number of nitrogens with one attached hydrogen (secondary N) is 1. The van der Waals surface area contributed by atoms with Gasteiger partial charge in [-0.05, 0) is 42.9 Å². The van der Waals surface area contributed by atoms with Crippen molar-refractivity contribution in [3.63, 3.8) is 0 Å². The van der Waals surface area contributed by atoms with E-state index in [0.717, 1.165) is 12.0 Å². The molecule has 0 aliphatic heterocycles. The van der Waals surface area contributed by atoms with E-state index in [4.69, 9.17) is 5.73 Å². The Hall–Kier alpha value is -0.910. The standard InChI is InChI=1S/C15H24N2O2S/c1-11-5-3-7-14(11)10-17-20(18,19)15-8-4-6-13(9-15)12(2)16/h4,6,8-9,11-12,14,17H,3,5,7,10,16H2,1-2H3. The molecule has 3 unspecified atom stereocenters. The average Bonchev–Trinajstić information content (AvgIpc) is 2.82. The molecule has 1 aliphatic carbocycles. The monoisotopic (exact) mass is 296 g/mol. The predicted octanol–water partition coefficient (Wildman–Crippen LogP) is 2.42. The third-order valence-corrected chi connectivity index (χ3v) is 5.69. The van der Waals surface area contributed by atoms with Gasteiger partial charge in [0.05, 0.1) is 4.90 Å². The van der Waals surface area contributed by atoms with E-state index in [2.05, 4.69) is 11.6 Å². The van der Waals surface area contributed by atoms with E-state index >= 15 is 0 Å². The second-order valence-corrected chi connectivity index (χ2v) is 7.65. The van der Waals surface area contributed by atoms with E-state index in [9.17, 15) is 8.42 Å². The van der Waals surface area contributed by atoms with Gasteiger partial charge < -0.3 is 5.73 Å². The third-order valence-electron chi connectivity index (χ3n) is 4.27. The Balaban J connectivity index is 2.08. The van der Waals surface area contributed by atoms with E-state index in [1.807, 2.05) is 13.0 Å². The highest BCUT2D eigenvalue weighted by Crippen LogP contribution is 2.30. The largest absolute Gasteiger partial charge is 0.324 e. The van der Waals surface area contributed by atoms with Crippen LogP contribution >= 0.6 is 0 Å². The van der Waals surface area contributed by atoms with Crippen LogP contribution in [0.2, 0.25) is 0 Å². The van der Waals surface area contributed by atoms with E-state index in [1.165, 1.54) is 12.8 Å². The summed E-state index contributed by atoms with van der Waals surface area (Å²) < 4.78 is 27.4. The van der Waals surface area contributed by atoms with Crippen molar-refractivity contribution in [2.75, 3.05) is 6.54 Å². The zero-order valence-electron chi connectivity index (χ0n) is 12.2. The van der Waals surface area contributed by atoms with Gasteiger partial charge in [-0.25, -0.2) is 13.1 Å². The summed E-state index contributed by atoms with van der Waals surface area (Å²) in [5.41, 5.74) is 6.64. The first kappa shape index (κ1) is 15.5. The minimum atomic E-state index is -3.43. The summed E-state index contributed by atoms with van der Waals surface area (Å²) in [4.78, 5) is 0.304. The predicted molar refractivity (Wildman–Crippen MR) is 80.7 cm³/mol. The minimum Gasteiger partial charge on any atom is -0.324 e. The van der Waals surface area contributed by atoms with Crippen LogP contribution in [-0.4, -0.2) is 15.0 Å². The molecule has 2 rings (SSSR count). The lowest BCUT2D eigenvalue weighted by atomic mass is 9.99. The fraction of sp³-hybridized carbons (Fsp3) is 0.600. The summed E-state index contributed by atoms with van der Waals surface area (Å²) in [6, 6.07) is 6.70. The maximum Gasteiger partial charge on any atom is 0.240 e. The van der Waals surface area contributed by atoms with Gasteiger partial charge in [-0.15, -0.1) is 0 Å². The van der Waals surface area contributed by atoms with Crippen molar-refractivity contribution in [3.05, 3.63) is 29.8 Å². The van der Waals surface area contributed by atoms with E-state index in [-0.39, 0.29) is 6.04 Å². The first-order chi connectivity index (χ1) is 9.40. The quantitative estimate of drug-likeness (QED) is 0.876. The summed E-state index contributed by atoms with van der Waals surface area (Å²) in [5, 5.41) is 0. The summed E-state index contributed by atoms with van der Waals surface area (Å²) in [6.07, 6.45) is 3.52. The van der Waals surface area contributed by atoms with Crippen LogP contribution in [0.5, 0.6) is 0 Å². The molecule has 0 radical (unpaired) electrons. The highest BCUT2D eigenvalue weighted by Gasteiger charge is 2.25. The molecule has 112 valence electrons. The molecule has 5 heteroatoms. The molecule has 1 fully saturated rings. The fourth-order valence-electron chi connectivity index (χ4n) is 2.79. The molecule has 3 N–H and O–H groups in total. The zero-order valence-corrected chi connectivity index (χ0v) is 13.0. The van der Waals surface area contributed by atoms with Gasteiger partial charge in [0.25, 0.3) is 0 Å². The Morgan fingerprint density at radius 1 is 1.40 bits per heavy atom. The van der Waals surface area contributed by atoms with E-state index < -0.39 is 10.0 Å². The van der Waals surface area contributed by atoms with Gasteiger partial charge in [0.1, 0.15) is 0 Å². The lowest BCUT2D eigenvalue weighted by Gasteiger charge is -2.16. The van der Waals surface area contributed by atoms with Crippen LogP contribution in [0.4, 0.5) is 0 Å². The SMILES string of the molecule is CC(N)c1cccc(S(=O)(=O)NCC2CCCC2C)c1. The van der Waals surface area contributed by atoms with Gasteiger partial charge in [-0.1, -0.05) is 31.9 Å². The van der Waals surface area contributed by atoms with Gasteiger partial charge in [0, 0.05) is 12.6 Å². The van der Waals surface area contributed by atoms with Crippen LogP contribution in [0, 0.1) is 11.8 Å². The highest BCUT2D eigenvalue weighted by atomic mass is 32.2. The van der Waals surface area contributed by atoms with Crippen molar-refractivity contribution in [2.24, 2.45) is 17.6 Å². The number of hydrogen-bond acceptors (Lipinski definition) is 3. The Labute approximate surface area is 121 Å². The minimum absolute atomic E-state index is 0.167. The van der Waals surface area contributed by atoms with Gasteiger partial charge in [0.15, 0.2) is 0 Å². The summed E-state index contributed by atoms with van der Waals surface area (Å²) in [7, 11) is -3.43. The molecule has 0 saturated heterocycles. The first-order valence-corrected chi connectivity index (χ1v) is 8.73. The second-order valence-electron chi connectivity index (χ2n) is 5.88. The molecular weight excluding hydrogens is 272 g/mol. The Morgan fingerprint density at radius 2 is 2.15 bits per heavy atom. The molecule has 0 bridgehead atoms. The molecule has 0 heterocycles. The summed E-state index contributed by atoms with van der Waals surface area (Å²) >= 11 is 0. The van der Waals surface area contributed by atoms with Crippen LogP contribution in [0.25, 0.3) is 0 Å². The highest BCUT2D eigenvalue weighted by molar-refractivity contribution is 7.89. The second kappa shape index (κ2) is 6.24. The lowest BCUT2D eigenvalue weighted by molar-refractivity contribution is 0.414. The number of rotatable bonds is 5. The van der Waals surface area contributed by atoms with Crippen LogP contribution in [0.15, 0.2) is 29.2 Å². The molecule has 1 aromatic rings. The molecule has 1 aromatic carbocycles. The molecular formula is C15H24N2O2S. The lowest BCUT2D eigenvalue weighted by Crippen LogP contribution is -2.30. The Kier molecular flexibility index (Phi) is 4.83. The van der Waals surface area contributed by atoms with Crippen molar-refractivity contribution in [1.29, 1.82) is 0 Å². The average molecular weight is 296 g/mol. The van der Waals surface area contributed by atoms with E-state index in [1.54, 1.807) is 18.2 Å². The van der Waals surface area contributed by atoms with Gasteiger partial charge >= 0.3 is 0 Å². The van der Waals surface area contributed by atoms with Gasteiger partial charge in [0.2, 0.25) is 10.0 Å². The summed E-state index contributed by atoms with van der Waals surface area (Å²) in [5.74, 6) is 1.06. The number of hydrogen-bond donors (Lipinski definition) is 2. The van der Waals surface area contributed by atoms with Crippen LogP contribution < -0.4 is 10.5 Å². The Bertz CT molecular complexity index is 555. The van der Waals surface area contributed by atoms with Crippen molar-refractivity contribution < 1.29 is 8.42 Å². The summed E-state index contributed by atoms with van der Waals surface area (Å²) in [6.45, 7) is 4.58. The maximum absolute atomic E-state index is 12.3. The zero-order chi connectivity index (χ0) is 14.8. The number of benzene rings is 1. The normalized spacial score (nSPS) is 24.8. The molecule has 0 spiro atoms. The number of nitrogens with two attached hydrogens (primary N) is 1. The smallest absolute Gasteiger partial charge is 0.240 e. The fourth-order valence-corrected chi connectivity index (χ4v) is 3.94. The molecule has 4 nitrogen and oxygen atoms in total. The topological polar surface area (TPSA) is 72.2 Å². The molecule has 1 saturated carbocycles. The third kappa shape index (κ3) is 3.59. The van der Waals surface area contributed by atoms with Crippen LogP contribution in [-0.2, 0) is 10.0 Å². The Morgan fingerprint density at radius 3 is 2.75 bits per heavy atom. The number of sulfonamides is 1. The van der Waals surface area contributed by atoms with E-state index in [0.29, 0.717) is 23.3 Å². The van der Waals surface area contributed by atoms with Gasteiger partial charge in [-0.3, -0.25) is 0 Å². The molecule has 20 heavy (non-hydrogen) atoms. The molecule has 3 atom stereocenters. The van der Waals surface area contributed by atoms with Crippen LogP contribution in [0.3, 0.4) is 0 Å². The van der Waals surface area contributed by atoms with Crippen molar-refractivity contribution in [1.82, 2.24) is 4.72 Å². The van der Waals surface area contributed by atoms with Crippen LogP contribution in [0.1, 0.15) is 44.7 Å². The molecule has 1 aliphatic rings. The van der Waals surface area contributed by atoms with Gasteiger partial charge in [-0.2, -0.15) is 0 Å². The van der Waals surface area contributed by atoms with Crippen molar-refractivity contribution >= 4 is 10.0 Å². The van der Waals surface area contributed by atoms with Crippen molar-refractivity contribution in [3.8, 4) is 0 Å². The van der Waals surface area contributed by atoms with Crippen molar-refractivity contribution in [2.45, 2.75) is 44.0 Å². The molecule has 0 amide bonds. The molecule has 0 aromatic heterocycles. The maximum atomic E-state index is 12.3.